The molecule has 1 heterocycles. The molecule has 33 heavy (non-hydrogen) atoms. The Hall–Kier alpha value is -3.64. The maximum Gasteiger partial charge on any atom is 0.337 e. The van der Waals surface area contributed by atoms with Gasteiger partial charge in [0, 0.05) is 19.0 Å². The van der Waals surface area contributed by atoms with Crippen molar-refractivity contribution in [2.45, 2.75) is 19.1 Å². The van der Waals surface area contributed by atoms with Crippen LogP contribution in [-0.2, 0) is 14.3 Å². The SMILES string of the molecule is COC(=O)c1ccc(/C=C(\COc2cccc3ccccc23)C(=O)N(C)C2CCCO2)cc1. The summed E-state index contributed by atoms with van der Waals surface area (Å²) in [5.41, 5.74) is 1.73. The van der Waals surface area contributed by atoms with Gasteiger partial charge in [0.2, 0.25) is 0 Å². The Bertz CT molecular complexity index is 1160. The molecule has 0 saturated carbocycles. The summed E-state index contributed by atoms with van der Waals surface area (Å²) in [4.78, 5) is 26.7. The zero-order valence-electron chi connectivity index (χ0n) is 18.8. The molecular formula is C27H27NO5. The second-order valence-electron chi connectivity index (χ2n) is 7.93. The molecule has 4 rings (SSSR count). The lowest BCUT2D eigenvalue weighted by molar-refractivity contribution is -0.135. The van der Waals surface area contributed by atoms with Gasteiger partial charge in [-0.05, 0) is 48.1 Å². The van der Waals surface area contributed by atoms with Crippen LogP contribution < -0.4 is 4.74 Å². The van der Waals surface area contributed by atoms with Gasteiger partial charge in [-0.3, -0.25) is 4.79 Å². The first kappa shape index (κ1) is 22.6. The van der Waals surface area contributed by atoms with E-state index in [2.05, 4.69) is 0 Å². The van der Waals surface area contributed by atoms with Crippen LogP contribution in [0.15, 0.2) is 72.3 Å². The highest BCUT2D eigenvalue weighted by Gasteiger charge is 2.26. The number of amides is 1. The minimum Gasteiger partial charge on any atom is -0.488 e. The van der Waals surface area contributed by atoms with Crippen LogP contribution in [0.3, 0.4) is 0 Å². The third-order valence-electron chi connectivity index (χ3n) is 5.74. The van der Waals surface area contributed by atoms with E-state index in [0.717, 1.165) is 29.2 Å². The summed E-state index contributed by atoms with van der Waals surface area (Å²) in [6.07, 6.45) is 3.30. The van der Waals surface area contributed by atoms with E-state index < -0.39 is 5.97 Å². The number of carbonyl (C=O) groups is 2. The molecule has 1 aliphatic rings. The van der Waals surface area contributed by atoms with Crippen molar-refractivity contribution in [1.29, 1.82) is 0 Å². The smallest absolute Gasteiger partial charge is 0.337 e. The molecule has 1 fully saturated rings. The Balaban J connectivity index is 1.61. The summed E-state index contributed by atoms with van der Waals surface area (Å²) in [7, 11) is 3.10. The predicted octanol–water partition coefficient (Wildman–Crippen LogP) is 4.68. The Morgan fingerprint density at radius 2 is 1.82 bits per heavy atom. The van der Waals surface area contributed by atoms with Crippen molar-refractivity contribution >= 4 is 28.7 Å². The van der Waals surface area contributed by atoms with E-state index in [9.17, 15) is 9.59 Å². The molecule has 1 unspecified atom stereocenters. The van der Waals surface area contributed by atoms with Crippen LogP contribution in [0.2, 0.25) is 0 Å². The van der Waals surface area contributed by atoms with Gasteiger partial charge in [0.15, 0.2) is 0 Å². The number of methoxy groups -OCH3 is 1. The maximum atomic E-state index is 13.4. The minimum atomic E-state index is -0.403. The summed E-state index contributed by atoms with van der Waals surface area (Å²) in [6.45, 7) is 0.755. The molecule has 0 aromatic heterocycles. The fourth-order valence-electron chi connectivity index (χ4n) is 3.90. The fourth-order valence-corrected chi connectivity index (χ4v) is 3.90. The zero-order valence-corrected chi connectivity index (χ0v) is 18.8. The van der Waals surface area contributed by atoms with E-state index in [4.69, 9.17) is 14.2 Å². The van der Waals surface area contributed by atoms with E-state index in [1.165, 1.54) is 7.11 Å². The van der Waals surface area contributed by atoms with Crippen molar-refractivity contribution in [3.63, 3.8) is 0 Å². The number of nitrogens with zero attached hydrogens (tertiary/aromatic N) is 1. The number of fused-ring (bicyclic) bond motifs is 1. The van der Waals surface area contributed by atoms with Crippen LogP contribution in [-0.4, -0.2) is 50.4 Å². The van der Waals surface area contributed by atoms with Gasteiger partial charge in [-0.15, -0.1) is 0 Å². The maximum absolute atomic E-state index is 13.4. The van der Waals surface area contributed by atoms with E-state index in [0.29, 0.717) is 23.5 Å². The van der Waals surface area contributed by atoms with Crippen LogP contribution in [0, 0.1) is 0 Å². The number of hydrogen-bond donors (Lipinski definition) is 0. The predicted molar refractivity (Wildman–Crippen MR) is 127 cm³/mol. The summed E-state index contributed by atoms with van der Waals surface area (Å²) >= 11 is 0. The van der Waals surface area contributed by atoms with Crippen LogP contribution >= 0.6 is 0 Å². The zero-order chi connectivity index (χ0) is 23.2. The quantitative estimate of drug-likeness (QED) is 0.390. The molecule has 3 aromatic carbocycles. The first-order valence-electron chi connectivity index (χ1n) is 10.9. The lowest BCUT2D eigenvalue weighted by atomic mass is 10.1. The number of ether oxygens (including phenoxy) is 3. The van der Waals surface area contributed by atoms with Gasteiger partial charge >= 0.3 is 5.97 Å². The highest BCUT2D eigenvalue weighted by atomic mass is 16.5. The first-order valence-corrected chi connectivity index (χ1v) is 10.9. The van der Waals surface area contributed by atoms with E-state index in [1.807, 2.05) is 42.5 Å². The van der Waals surface area contributed by atoms with E-state index >= 15 is 0 Å². The summed E-state index contributed by atoms with van der Waals surface area (Å²) in [5, 5.41) is 2.06. The van der Waals surface area contributed by atoms with Crippen molar-refractivity contribution in [2.75, 3.05) is 27.4 Å². The lowest BCUT2D eigenvalue weighted by Crippen LogP contribution is -2.38. The highest BCUT2D eigenvalue weighted by molar-refractivity contribution is 5.98. The van der Waals surface area contributed by atoms with Gasteiger partial charge < -0.3 is 19.1 Å². The Kier molecular flexibility index (Phi) is 7.05. The average Bonchev–Trinajstić information content (AvgIpc) is 3.40. The number of benzene rings is 3. The number of rotatable bonds is 7. The van der Waals surface area contributed by atoms with Gasteiger partial charge in [-0.25, -0.2) is 4.79 Å². The molecule has 1 saturated heterocycles. The van der Waals surface area contributed by atoms with Gasteiger partial charge in [0.05, 0.1) is 18.2 Å². The molecule has 3 aromatic rings. The average molecular weight is 446 g/mol. The molecule has 0 bridgehead atoms. The van der Waals surface area contributed by atoms with Crippen molar-refractivity contribution < 1.29 is 23.8 Å². The molecule has 1 aliphatic heterocycles. The Morgan fingerprint density at radius 1 is 1.06 bits per heavy atom. The lowest BCUT2D eigenvalue weighted by Gasteiger charge is -2.25. The monoisotopic (exact) mass is 445 g/mol. The van der Waals surface area contributed by atoms with Gasteiger partial charge in [-0.1, -0.05) is 48.5 Å². The van der Waals surface area contributed by atoms with Crippen molar-refractivity contribution in [3.05, 3.63) is 83.4 Å². The van der Waals surface area contributed by atoms with Crippen molar-refractivity contribution in [2.24, 2.45) is 0 Å². The summed E-state index contributed by atoms with van der Waals surface area (Å²) in [5.74, 6) is 0.158. The standard InChI is InChI=1S/C27H27NO5/c1-28(25-11-6-16-32-25)26(29)22(17-19-12-14-21(15-13-19)27(30)31-2)18-33-24-10-5-8-20-7-3-4-9-23(20)24/h3-5,7-10,12-15,17,25H,6,11,16,18H2,1-2H3/b22-17+. The van der Waals surface area contributed by atoms with E-state index in [-0.39, 0.29) is 18.7 Å². The van der Waals surface area contributed by atoms with Crippen LogP contribution in [0.5, 0.6) is 5.75 Å². The molecule has 170 valence electrons. The molecule has 0 aliphatic carbocycles. The van der Waals surface area contributed by atoms with Gasteiger partial charge in [0.1, 0.15) is 18.6 Å². The normalized spacial score (nSPS) is 15.9. The fraction of sp³-hybridized carbons (Fsp3) is 0.259. The highest BCUT2D eigenvalue weighted by Crippen LogP contribution is 2.26. The molecule has 0 spiro atoms. The largest absolute Gasteiger partial charge is 0.488 e. The minimum absolute atomic E-state index is 0.0999. The molecule has 1 amide bonds. The summed E-state index contributed by atoms with van der Waals surface area (Å²) in [6, 6.07) is 20.8. The molecule has 0 radical (unpaired) electrons. The number of likely N-dealkylation sites (N-methyl/N-ethyl adjacent to an activating group) is 1. The van der Waals surface area contributed by atoms with Crippen molar-refractivity contribution in [1.82, 2.24) is 4.90 Å². The topological polar surface area (TPSA) is 65.1 Å². The molecule has 1 atom stereocenters. The first-order chi connectivity index (χ1) is 16.1. The third-order valence-corrected chi connectivity index (χ3v) is 5.74. The van der Waals surface area contributed by atoms with Crippen molar-refractivity contribution in [3.8, 4) is 5.75 Å². The second-order valence-corrected chi connectivity index (χ2v) is 7.93. The second kappa shape index (κ2) is 10.3. The summed E-state index contributed by atoms with van der Waals surface area (Å²) < 4.78 is 16.6. The van der Waals surface area contributed by atoms with E-state index in [1.54, 1.807) is 42.3 Å². The molecule has 6 nitrogen and oxygen atoms in total. The molecule has 0 N–H and O–H groups in total. The number of hydrogen-bond acceptors (Lipinski definition) is 5. The number of esters is 1. The molecule has 6 heteroatoms. The third kappa shape index (κ3) is 5.23. The Labute approximate surface area is 193 Å². The molecular weight excluding hydrogens is 418 g/mol. The number of carbonyl (C=O) groups excluding carboxylic acids is 2. The van der Waals surface area contributed by atoms with Gasteiger partial charge in [-0.2, -0.15) is 0 Å². The van der Waals surface area contributed by atoms with Gasteiger partial charge in [0.25, 0.3) is 5.91 Å². The van der Waals surface area contributed by atoms with Crippen LogP contribution in [0.25, 0.3) is 16.8 Å². The Morgan fingerprint density at radius 3 is 2.55 bits per heavy atom. The van der Waals surface area contributed by atoms with Crippen LogP contribution in [0.4, 0.5) is 0 Å². The van der Waals surface area contributed by atoms with Crippen LogP contribution in [0.1, 0.15) is 28.8 Å².